The van der Waals surface area contributed by atoms with E-state index in [2.05, 4.69) is 45.4 Å². The summed E-state index contributed by atoms with van der Waals surface area (Å²) in [6.07, 6.45) is 6.74. The van der Waals surface area contributed by atoms with E-state index in [1.165, 1.54) is 11.3 Å². The fraction of sp³-hybridized carbons (Fsp3) is 0.565. The molecule has 1 atom stereocenters. The number of pyridine rings is 1. The first kappa shape index (κ1) is 20.2. The standard InChI is InChI=1S/C23H28BrN3O3/c1-23(2)12-15-11-18-22(28)27(9-8-26(18)19(15)13-23)21-16(17(24)6-7-25-21)14-30-20-5-3-4-10-29-20/h6-7,11,20H,3-5,8-10,12-14H2,1-2H3. The third-order valence-electron chi connectivity index (χ3n) is 6.41. The van der Waals surface area contributed by atoms with Crippen LogP contribution in [0.25, 0.3) is 0 Å². The summed E-state index contributed by atoms with van der Waals surface area (Å²) < 4.78 is 14.9. The zero-order valence-electron chi connectivity index (χ0n) is 17.6. The lowest BCUT2D eigenvalue weighted by molar-refractivity contribution is -0.168. The molecule has 0 bridgehead atoms. The highest BCUT2D eigenvalue weighted by Gasteiger charge is 2.37. The van der Waals surface area contributed by atoms with Crippen LogP contribution in [0.4, 0.5) is 5.82 Å². The average Bonchev–Trinajstić information content (AvgIpc) is 3.20. The zero-order valence-corrected chi connectivity index (χ0v) is 19.2. The van der Waals surface area contributed by atoms with Gasteiger partial charge in [-0.2, -0.15) is 0 Å². The largest absolute Gasteiger partial charge is 0.353 e. The first-order valence-corrected chi connectivity index (χ1v) is 11.6. The number of aromatic nitrogens is 2. The summed E-state index contributed by atoms with van der Waals surface area (Å²) in [5.41, 5.74) is 4.62. The lowest BCUT2D eigenvalue weighted by Gasteiger charge is -2.31. The van der Waals surface area contributed by atoms with Gasteiger partial charge in [-0.15, -0.1) is 0 Å². The molecule has 7 heteroatoms. The SMILES string of the molecule is CC1(C)Cc2cc3n(c2C1)CCN(c1nccc(Br)c1COC1CCCCO1)C3=O. The Labute approximate surface area is 185 Å². The van der Waals surface area contributed by atoms with E-state index in [1.807, 2.05) is 6.07 Å². The second kappa shape index (κ2) is 7.77. The molecule has 5 rings (SSSR count). The third kappa shape index (κ3) is 3.61. The van der Waals surface area contributed by atoms with E-state index >= 15 is 0 Å². The van der Waals surface area contributed by atoms with Gasteiger partial charge in [-0.05, 0) is 55.2 Å². The lowest BCUT2D eigenvalue weighted by atomic mass is 9.90. The van der Waals surface area contributed by atoms with Gasteiger partial charge in [-0.25, -0.2) is 4.98 Å². The van der Waals surface area contributed by atoms with Gasteiger partial charge >= 0.3 is 0 Å². The van der Waals surface area contributed by atoms with Crippen molar-refractivity contribution in [1.82, 2.24) is 9.55 Å². The van der Waals surface area contributed by atoms with Gasteiger partial charge in [0, 0.05) is 41.6 Å². The van der Waals surface area contributed by atoms with Crippen molar-refractivity contribution in [2.75, 3.05) is 18.1 Å². The first-order chi connectivity index (χ1) is 14.4. The van der Waals surface area contributed by atoms with Gasteiger partial charge in [0.1, 0.15) is 11.5 Å². The van der Waals surface area contributed by atoms with Crippen molar-refractivity contribution in [3.8, 4) is 0 Å². The highest BCUT2D eigenvalue weighted by molar-refractivity contribution is 9.10. The summed E-state index contributed by atoms with van der Waals surface area (Å²) in [5.74, 6) is 0.701. The summed E-state index contributed by atoms with van der Waals surface area (Å²) >= 11 is 3.63. The van der Waals surface area contributed by atoms with Crippen LogP contribution in [-0.2, 0) is 35.5 Å². The minimum atomic E-state index is -0.181. The number of anilines is 1. The Morgan fingerprint density at radius 2 is 2.17 bits per heavy atom. The monoisotopic (exact) mass is 473 g/mol. The minimum absolute atomic E-state index is 0.0224. The van der Waals surface area contributed by atoms with Gasteiger partial charge in [0.25, 0.3) is 5.91 Å². The maximum Gasteiger partial charge on any atom is 0.276 e. The summed E-state index contributed by atoms with van der Waals surface area (Å²) in [5, 5.41) is 0. The second-order valence-corrected chi connectivity index (χ2v) is 10.2. The van der Waals surface area contributed by atoms with E-state index < -0.39 is 0 Å². The molecular weight excluding hydrogens is 446 g/mol. The van der Waals surface area contributed by atoms with Crippen LogP contribution >= 0.6 is 15.9 Å². The van der Waals surface area contributed by atoms with Crippen molar-refractivity contribution in [3.63, 3.8) is 0 Å². The van der Waals surface area contributed by atoms with Crippen LogP contribution in [0.1, 0.15) is 60.4 Å². The molecule has 0 spiro atoms. The Morgan fingerprint density at radius 1 is 1.30 bits per heavy atom. The predicted octanol–water partition coefficient (Wildman–Crippen LogP) is 4.47. The molecule has 0 radical (unpaired) electrons. The van der Waals surface area contributed by atoms with Gasteiger partial charge in [-0.3, -0.25) is 9.69 Å². The number of amides is 1. The van der Waals surface area contributed by atoms with Crippen molar-refractivity contribution in [3.05, 3.63) is 45.3 Å². The molecular formula is C23H28BrN3O3. The number of ether oxygens (including phenoxy) is 2. The molecule has 2 aliphatic heterocycles. The van der Waals surface area contributed by atoms with Crippen molar-refractivity contribution in [2.45, 2.75) is 65.4 Å². The molecule has 1 saturated heterocycles. The van der Waals surface area contributed by atoms with Gasteiger partial charge in [-0.1, -0.05) is 29.8 Å². The number of halogens is 1. The summed E-state index contributed by atoms with van der Waals surface area (Å²) in [4.78, 5) is 19.8. The molecule has 4 heterocycles. The average molecular weight is 474 g/mol. The topological polar surface area (TPSA) is 56.6 Å². The molecule has 1 fully saturated rings. The molecule has 1 amide bonds. The number of hydrogen-bond acceptors (Lipinski definition) is 4. The van der Waals surface area contributed by atoms with Crippen LogP contribution in [0.2, 0.25) is 0 Å². The van der Waals surface area contributed by atoms with Gasteiger partial charge in [0.2, 0.25) is 0 Å². The van der Waals surface area contributed by atoms with E-state index in [0.717, 1.165) is 61.0 Å². The minimum Gasteiger partial charge on any atom is -0.353 e. The van der Waals surface area contributed by atoms with Crippen molar-refractivity contribution >= 4 is 27.7 Å². The van der Waals surface area contributed by atoms with E-state index in [1.54, 1.807) is 11.1 Å². The molecule has 0 aromatic carbocycles. The fourth-order valence-corrected chi connectivity index (χ4v) is 5.37. The van der Waals surface area contributed by atoms with Crippen LogP contribution in [0.5, 0.6) is 0 Å². The molecule has 2 aromatic rings. The molecule has 1 aliphatic carbocycles. The van der Waals surface area contributed by atoms with E-state index in [9.17, 15) is 4.79 Å². The summed E-state index contributed by atoms with van der Waals surface area (Å²) in [7, 11) is 0. The number of nitrogens with zero attached hydrogens (tertiary/aromatic N) is 3. The maximum atomic E-state index is 13.4. The van der Waals surface area contributed by atoms with Crippen LogP contribution in [0.3, 0.4) is 0 Å². The third-order valence-corrected chi connectivity index (χ3v) is 7.15. The highest BCUT2D eigenvalue weighted by atomic mass is 79.9. The second-order valence-electron chi connectivity index (χ2n) is 9.33. The Hall–Kier alpha value is -1.70. The van der Waals surface area contributed by atoms with Crippen LogP contribution < -0.4 is 4.90 Å². The Kier molecular flexibility index (Phi) is 5.24. The van der Waals surface area contributed by atoms with E-state index in [-0.39, 0.29) is 17.6 Å². The molecule has 30 heavy (non-hydrogen) atoms. The van der Waals surface area contributed by atoms with Crippen molar-refractivity contribution in [1.29, 1.82) is 0 Å². The molecule has 0 N–H and O–H groups in total. The van der Waals surface area contributed by atoms with Crippen LogP contribution in [-0.4, -0.2) is 34.9 Å². The predicted molar refractivity (Wildman–Crippen MR) is 118 cm³/mol. The Morgan fingerprint density at radius 3 is 2.97 bits per heavy atom. The molecule has 6 nitrogen and oxygen atoms in total. The number of carbonyl (C=O) groups is 1. The molecule has 1 unspecified atom stereocenters. The Balaban J connectivity index is 1.40. The number of carbonyl (C=O) groups excluding carboxylic acids is 1. The highest BCUT2D eigenvalue weighted by Crippen LogP contribution is 2.40. The van der Waals surface area contributed by atoms with Gasteiger partial charge in [0.15, 0.2) is 6.29 Å². The summed E-state index contributed by atoms with van der Waals surface area (Å²) in [6, 6.07) is 4.00. The quantitative estimate of drug-likeness (QED) is 0.656. The maximum absolute atomic E-state index is 13.4. The summed E-state index contributed by atoms with van der Waals surface area (Å²) in [6.45, 7) is 7.12. The van der Waals surface area contributed by atoms with Crippen LogP contribution in [0.15, 0.2) is 22.8 Å². The smallest absolute Gasteiger partial charge is 0.276 e. The number of hydrogen-bond donors (Lipinski definition) is 0. The Bertz CT molecular complexity index is 978. The zero-order chi connectivity index (χ0) is 20.9. The van der Waals surface area contributed by atoms with Gasteiger partial charge < -0.3 is 14.0 Å². The number of fused-ring (bicyclic) bond motifs is 3. The lowest BCUT2D eigenvalue weighted by Crippen LogP contribution is -2.41. The van der Waals surface area contributed by atoms with Crippen molar-refractivity contribution in [2.24, 2.45) is 5.41 Å². The van der Waals surface area contributed by atoms with Crippen LogP contribution in [0, 0.1) is 5.41 Å². The first-order valence-electron chi connectivity index (χ1n) is 10.8. The van der Waals surface area contributed by atoms with E-state index in [4.69, 9.17) is 9.47 Å². The van der Waals surface area contributed by atoms with Gasteiger partial charge in [0.05, 0.1) is 6.61 Å². The fourth-order valence-electron chi connectivity index (χ4n) is 4.96. The molecule has 2 aromatic heterocycles. The van der Waals surface area contributed by atoms with Crippen molar-refractivity contribution < 1.29 is 14.3 Å². The normalized spacial score (nSPS) is 22.8. The molecule has 3 aliphatic rings. The number of rotatable bonds is 4. The molecule has 160 valence electrons. The van der Waals surface area contributed by atoms with E-state index in [0.29, 0.717) is 19.0 Å². The molecule has 0 saturated carbocycles.